The molecule has 0 fully saturated rings. The average Bonchev–Trinajstić information content (AvgIpc) is 2.20. The molecule has 0 saturated heterocycles. The van der Waals surface area contributed by atoms with Crippen LogP contribution in [0.4, 0.5) is 0 Å². The largest absolute Gasteiger partial charge is 0.493 e. The van der Waals surface area contributed by atoms with Crippen molar-refractivity contribution in [1.82, 2.24) is 0 Å². The number of ether oxygens (including phenoxy) is 2. The van der Waals surface area contributed by atoms with Gasteiger partial charge < -0.3 is 9.47 Å². The van der Waals surface area contributed by atoms with Crippen LogP contribution in [0.25, 0.3) is 0 Å². The summed E-state index contributed by atoms with van der Waals surface area (Å²) in [6.45, 7) is 7.63. The highest BCUT2D eigenvalue weighted by Gasteiger charge is 1.97. The molecule has 0 saturated carbocycles. The minimum absolute atomic E-state index is 0.309. The van der Waals surface area contributed by atoms with Crippen molar-refractivity contribution in [1.29, 1.82) is 0 Å². The number of para-hydroxylation sites is 1. The van der Waals surface area contributed by atoms with Crippen LogP contribution >= 0.6 is 0 Å². The number of rotatable bonds is 6. The van der Waals surface area contributed by atoms with Crippen molar-refractivity contribution in [2.75, 3.05) is 13.2 Å². The summed E-state index contributed by atoms with van der Waals surface area (Å²) in [4.78, 5) is 0. The van der Waals surface area contributed by atoms with Gasteiger partial charge in [-0.2, -0.15) is 0 Å². The van der Waals surface area contributed by atoms with E-state index in [1.54, 1.807) is 0 Å². The van der Waals surface area contributed by atoms with Crippen LogP contribution in [0.15, 0.2) is 24.3 Å². The minimum Gasteiger partial charge on any atom is -0.493 e. The first kappa shape index (κ1) is 12.1. The zero-order valence-electron chi connectivity index (χ0n) is 9.82. The van der Waals surface area contributed by atoms with Crippen molar-refractivity contribution in [2.45, 2.75) is 33.3 Å². The molecular formula is C13H20O2. The highest BCUT2D eigenvalue weighted by molar-refractivity contribution is 5.31. The van der Waals surface area contributed by atoms with Gasteiger partial charge in [0.25, 0.3) is 0 Å². The Kier molecular flexibility index (Phi) is 5.19. The van der Waals surface area contributed by atoms with Crippen molar-refractivity contribution >= 4 is 0 Å². The Labute approximate surface area is 92.2 Å². The molecule has 0 atom stereocenters. The predicted octanol–water partition coefficient (Wildman–Crippen LogP) is 3.19. The Balaban J connectivity index is 2.18. The van der Waals surface area contributed by atoms with Crippen LogP contribution in [0, 0.1) is 6.92 Å². The first-order chi connectivity index (χ1) is 7.20. The highest BCUT2D eigenvalue weighted by Crippen LogP contribution is 2.16. The van der Waals surface area contributed by atoms with E-state index in [9.17, 15) is 0 Å². The molecule has 15 heavy (non-hydrogen) atoms. The summed E-state index contributed by atoms with van der Waals surface area (Å²) in [5.41, 5.74) is 1.18. The lowest BCUT2D eigenvalue weighted by molar-refractivity contribution is 0.0694. The number of hydrogen-bond acceptors (Lipinski definition) is 2. The van der Waals surface area contributed by atoms with E-state index >= 15 is 0 Å². The normalized spacial score (nSPS) is 10.7. The van der Waals surface area contributed by atoms with Crippen molar-refractivity contribution in [3.05, 3.63) is 29.8 Å². The summed E-state index contributed by atoms with van der Waals surface area (Å²) < 4.78 is 11.1. The molecule has 0 amide bonds. The summed E-state index contributed by atoms with van der Waals surface area (Å²) in [6.07, 6.45) is 1.25. The molecular weight excluding hydrogens is 188 g/mol. The van der Waals surface area contributed by atoms with Crippen molar-refractivity contribution in [3.8, 4) is 5.75 Å². The molecule has 0 aliphatic rings. The molecule has 0 aliphatic heterocycles. The topological polar surface area (TPSA) is 18.5 Å². The molecule has 0 radical (unpaired) electrons. The van der Waals surface area contributed by atoms with Gasteiger partial charge in [0.1, 0.15) is 5.75 Å². The number of benzene rings is 1. The Morgan fingerprint density at radius 3 is 2.53 bits per heavy atom. The van der Waals surface area contributed by atoms with Gasteiger partial charge in [-0.15, -0.1) is 0 Å². The van der Waals surface area contributed by atoms with Crippen LogP contribution in [-0.4, -0.2) is 19.3 Å². The molecule has 1 aromatic carbocycles. The SMILES string of the molecule is Cc1ccccc1OCCCOC(C)C. The van der Waals surface area contributed by atoms with E-state index in [2.05, 4.69) is 13.0 Å². The lowest BCUT2D eigenvalue weighted by atomic mass is 10.2. The van der Waals surface area contributed by atoms with Gasteiger partial charge in [-0.05, 0) is 32.4 Å². The first-order valence-electron chi connectivity index (χ1n) is 5.50. The predicted molar refractivity (Wildman–Crippen MR) is 62.4 cm³/mol. The van der Waals surface area contributed by atoms with Gasteiger partial charge in [0.2, 0.25) is 0 Å². The molecule has 0 heterocycles. The third kappa shape index (κ3) is 4.84. The first-order valence-corrected chi connectivity index (χ1v) is 5.50. The third-order valence-electron chi connectivity index (χ3n) is 2.09. The second-order valence-electron chi connectivity index (χ2n) is 3.89. The fraction of sp³-hybridized carbons (Fsp3) is 0.538. The smallest absolute Gasteiger partial charge is 0.122 e. The molecule has 0 spiro atoms. The average molecular weight is 208 g/mol. The second-order valence-corrected chi connectivity index (χ2v) is 3.89. The van der Waals surface area contributed by atoms with Gasteiger partial charge in [-0.1, -0.05) is 18.2 Å². The minimum atomic E-state index is 0.309. The molecule has 0 N–H and O–H groups in total. The lowest BCUT2D eigenvalue weighted by Crippen LogP contribution is -2.08. The van der Waals surface area contributed by atoms with E-state index in [0.717, 1.165) is 25.4 Å². The molecule has 0 aromatic heterocycles. The zero-order chi connectivity index (χ0) is 11.1. The molecule has 0 bridgehead atoms. The lowest BCUT2D eigenvalue weighted by Gasteiger charge is -2.10. The fourth-order valence-electron chi connectivity index (χ4n) is 1.28. The van der Waals surface area contributed by atoms with Crippen LogP contribution in [0.2, 0.25) is 0 Å². The Hall–Kier alpha value is -1.02. The molecule has 2 nitrogen and oxygen atoms in total. The van der Waals surface area contributed by atoms with E-state index in [1.807, 2.05) is 32.0 Å². The molecule has 84 valence electrons. The summed E-state index contributed by atoms with van der Waals surface area (Å²) in [5.74, 6) is 0.974. The van der Waals surface area contributed by atoms with E-state index < -0.39 is 0 Å². The monoisotopic (exact) mass is 208 g/mol. The van der Waals surface area contributed by atoms with Crippen LogP contribution in [0.1, 0.15) is 25.8 Å². The Bertz CT molecular complexity index is 282. The van der Waals surface area contributed by atoms with Crippen LogP contribution in [0.5, 0.6) is 5.75 Å². The summed E-state index contributed by atoms with van der Waals surface area (Å²) >= 11 is 0. The highest BCUT2D eigenvalue weighted by atomic mass is 16.5. The fourth-order valence-corrected chi connectivity index (χ4v) is 1.28. The van der Waals surface area contributed by atoms with Crippen LogP contribution in [0.3, 0.4) is 0 Å². The van der Waals surface area contributed by atoms with E-state index in [0.29, 0.717) is 6.10 Å². The second kappa shape index (κ2) is 6.46. The zero-order valence-corrected chi connectivity index (χ0v) is 9.82. The van der Waals surface area contributed by atoms with Gasteiger partial charge in [0, 0.05) is 6.42 Å². The van der Waals surface area contributed by atoms with Crippen molar-refractivity contribution in [3.63, 3.8) is 0 Å². The molecule has 1 rings (SSSR count). The van der Waals surface area contributed by atoms with E-state index in [4.69, 9.17) is 9.47 Å². The summed E-state index contributed by atoms with van der Waals surface area (Å²) in [6, 6.07) is 8.07. The number of hydrogen-bond donors (Lipinski definition) is 0. The molecule has 0 aliphatic carbocycles. The summed E-state index contributed by atoms with van der Waals surface area (Å²) in [7, 11) is 0. The maximum Gasteiger partial charge on any atom is 0.122 e. The summed E-state index contributed by atoms with van der Waals surface area (Å²) in [5, 5.41) is 0. The van der Waals surface area contributed by atoms with Gasteiger partial charge in [-0.25, -0.2) is 0 Å². The standard InChI is InChI=1S/C13H20O2/c1-11(2)14-9-6-10-15-13-8-5-4-7-12(13)3/h4-5,7-8,11H,6,9-10H2,1-3H3. The van der Waals surface area contributed by atoms with Gasteiger partial charge >= 0.3 is 0 Å². The van der Waals surface area contributed by atoms with Gasteiger partial charge in [0.05, 0.1) is 19.3 Å². The molecule has 2 heteroatoms. The van der Waals surface area contributed by atoms with E-state index in [-0.39, 0.29) is 0 Å². The van der Waals surface area contributed by atoms with E-state index in [1.165, 1.54) is 5.56 Å². The molecule has 1 aromatic rings. The van der Waals surface area contributed by atoms with Crippen LogP contribution in [-0.2, 0) is 4.74 Å². The third-order valence-corrected chi connectivity index (χ3v) is 2.09. The maximum atomic E-state index is 5.64. The quantitative estimate of drug-likeness (QED) is 0.668. The van der Waals surface area contributed by atoms with Gasteiger partial charge in [0.15, 0.2) is 0 Å². The van der Waals surface area contributed by atoms with Crippen LogP contribution < -0.4 is 4.74 Å². The van der Waals surface area contributed by atoms with Gasteiger partial charge in [-0.3, -0.25) is 0 Å². The maximum absolute atomic E-state index is 5.64. The van der Waals surface area contributed by atoms with Crippen molar-refractivity contribution < 1.29 is 9.47 Å². The van der Waals surface area contributed by atoms with Crippen molar-refractivity contribution in [2.24, 2.45) is 0 Å². The Morgan fingerprint density at radius 1 is 1.13 bits per heavy atom. The Morgan fingerprint density at radius 2 is 1.87 bits per heavy atom. The molecule has 0 unspecified atom stereocenters. The number of aryl methyl sites for hydroxylation is 1.